The Balaban J connectivity index is 1.92. The molecule has 28 heavy (non-hydrogen) atoms. The predicted molar refractivity (Wildman–Crippen MR) is 110 cm³/mol. The van der Waals surface area contributed by atoms with E-state index in [0.29, 0.717) is 28.7 Å². The van der Waals surface area contributed by atoms with E-state index in [2.05, 4.69) is 10.1 Å². The van der Waals surface area contributed by atoms with Gasteiger partial charge in [-0.05, 0) is 11.6 Å². The summed E-state index contributed by atoms with van der Waals surface area (Å²) in [5, 5.41) is 4.17. The van der Waals surface area contributed by atoms with Crippen LogP contribution in [0.15, 0.2) is 70.2 Å². The lowest BCUT2D eigenvalue weighted by Crippen LogP contribution is -2.29. The minimum absolute atomic E-state index is 0.0116. The number of ketones is 1. The fourth-order valence-corrected chi connectivity index (χ4v) is 2.78. The number of nitrogens with zero attached hydrogens (tertiary/aromatic N) is 3. The molecule has 1 aromatic heterocycles. The molecular weight excluding hydrogens is 352 g/mol. The lowest BCUT2D eigenvalue weighted by Gasteiger charge is -2.22. The molecule has 0 aliphatic rings. The van der Waals surface area contributed by atoms with Gasteiger partial charge in [-0.2, -0.15) is 4.99 Å². The molecule has 0 saturated carbocycles. The van der Waals surface area contributed by atoms with Gasteiger partial charge in [0.2, 0.25) is 0 Å². The molecule has 144 valence electrons. The van der Waals surface area contributed by atoms with Crippen LogP contribution in [0.1, 0.15) is 41.0 Å². The van der Waals surface area contributed by atoms with E-state index in [1.165, 1.54) is 0 Å². The third-order valence-corrected chi connectivity index (χ3v) is 4.70. The second kappa shape index (κ2) is 7.68. The van der Waals surface area contributed by atoms with Crippen molar-refractivity contribution < 1.29 is 9.32 Å². The Morgan fingerprint density at radius 1 is 1.04 bits per heavy atom. The average Bonchev–Trinajstić information content (AvgIpc) is 3.17. The summed E-state index contributed by atoms with van der Waals surface area (Å²) in [5.74, 6) is 0.657. The first-order valence-corrected chi connectivity index (χ1v) is 8.98. The van der Waals surface area contributed by atoms with Gasteiger partial charge in [0.25, 0.3) is 5.88 Å². The summed E-state index contributed by atoms with van der Waals surface area (Å²) in [5.41, 5.74) is 8.33. The van der Waals surface area contributed by atoms with Gasteiger partial charge in [0.15, 0.2) is 11.7 Å². The zero-order valence-corrected chi connectivity index (χ0v) is 16.5. The van der Waals surface area contributed by atoms with Crippen LogP contribution in [0.3, 0.4) is 0 Å². The number of rotatable bonds is 5. The molecule has 1 heterocycles. The van der Waals surface area contributed by atoms with Crippen LogP contribution in [0.5, 0.6) is 0 Å². The molecule has 0 aliphatic heterocycles. The Morgan fingerprint density at radius 2 is 1.71 bits per heavy atom. The zero-order chi connectivity index (χ0) is 20.3. The lowest BCUT2D eigenvalue weighted by atomic mass is 9.80. The topological polar surface area (TPSA) is 84.7 Å². The number of carbonyl (C=O) groups excluding carboxylic acids is 1. The number of carbonyl (C=O) groups is 1. The fraction of sp³-hybridized carbons (Fsp3) is 0.227. The van der Waals surface area contributed by atoms with E-state index < -0.39 is 5.41 Å². The van der Waals surface area contributed by atoms with Crippen LogP contribution in [0, 0.1) is 0 Å². The minimum Gasteiger partial charge on any atom is -0.369 e. The highest BCUT2D eigenvalue weighted by Gasteiger charge is 2.28. The number of hydrogen-bond acceptors (Lipinski definition) is 4. The smallest absolute Gasteiger partial charge is 0.253 e. The van der Waals surface area contributed by atoms with Crippen molar-refractivity contribution in [3.8, 4) is 0 Å². The highest BCUT2D eigenvalue weighted by molar-refractivity contribution is 6.09. The van der Waals surface area contributed by atoms with Gasteiger partial charge < -0.3 is 15.2 Å². The SMILES string of the molecule is CN(C)C(N)=Nc1cc(C(C)(C)c2cccc(C(=O)c3ccccc3)c2)no1. The van der Waals surface area contributed by atoms with E-state index in [4.69, 9.17) is 10.3 Å². The van der Waals surface area contributed by atoms with Crippen molar-refractivity contribution in [3.63, 3.8) is 0 Å². The maximum absolute atomic E-state index is 12.8. The molecular formula is C22H24N4O2. The normalized spacial score (nSPS) is 12.1. The predicted octanol–water partition coefficient (Wildman–Crippen LogP) is 3.74. The first kappa shape index (κ1) is 19.4. The van der Waals surface area contributed by atoms with Crippen molar-refractivity contribution in [1.82, 2.24) is 10.1 Å². The van der Waals surface area contributed by atoms with Crippen LogP contribution < -0.4 is 5.73 Å². The number of hydrogen-bond donors (Lipinski definition) is 1. The van der Waals surface area contributed by atoms with Crippen LogP contribution >= 0.6 is 0 Å². The summed E-state index contributed by atoms with van der Waals surface area (Å²) in [6, 6.07) is 18.6. The number of aromatic nitrogens is 1. The molecule has 0 spiro atoms. The van der Waals surface area contributed by atoms with E-state index in [-0.39, 0.29) is 5.78 Å². The molecule has 0 radical (unpaired) electrons. The second-order valence-corrected chi connectivity index (χ2v) is 7.32. The van der Waals surface area contributed by atoms with Crippen LogP contribution in [0.2, 0.25) is 0 Å². The number of aliphatic imine (C=N–C) groups is 1. The van der Waals surface area contributed by atoms with Gasteiger partial charge in [0, 0.05) is 36.7 Å². The lowest BCUT2D eigenvalue weighted by molar-refractivity contribution is 0.103. The van der Waals surface area contributed by atoms with E-state index in [9.17, 15) is 4.79 Å². The largest absolute Gasteiger partial charge is 0.369 e. The van der Waals surface area contributed by atoms with Crippen molar-refractivity contribution in [1.29, 1.82) is 0 Å². The Hall–Kier alpha value is -3.41. The van der Waals surface area contributed by atoms with Crippen molar-refractivity contribution in [2.24, 2.45) is 10.7 Å². The fourth-order valence-electron chi connectivity index (χ4n) is 2.78. The molecule has 0 bridgehead atoms. The monoisotopic (exact) mass is 376 g/mol. The average molecular weight is 376 g/mol. The van der Waals surface area contributed by atoms with Crippen molar-refractivity contribution in [3.05, 3.63) is 83.0 Å². The number of guanidine groups is 1. The van der Waals surface area contributed by atoms with Crippen LogP contribution in [0.4, 0.5) is 5.88 Å². The van der Waals surface area contributed by atoms with Crippen molar-refractivity contribution >= 4 is 17.6 Å². The highest BCUT2D eigenvalue weighted by Crippen LogP contribution is 2.33. The van der Waals surface area contributed by atoms with E-state index >= 15 is 0 Å². The summed E-state index contributed by atoms with van der Waals surface area (Å²) in [6.45, 7) is 4.06. The zero-order valence-electron chi connectivity index (χ0n) is 16.5. The quantitative estimate of drug-likeness (QED) is 0.416. The third kappa shape index (κ3) is 3.96. The Kier molecular flexibility index (Phi) is 5.31. The first-order valence-electron chi connectivity index (χ1n) is 8.98. The summed E-state index contributed by atoms with van der Waals surface area (Å²) >= 11 is 0. The van der Waals surface area contributed by atoms with Crippen molar-refractivity contribution in [2.75, 3.05) is 14.1 Å². The Labute approximate surface area is 164 Å². The van der Waals surface area contributed by atoms with Gasteiger partial charge in [-0.25, -0.2) is 0 Å². The summed E-state index contributed by atoms with van der Waals surface area (Å²) < 4.78 is 5.33. The van der Waals surface area contributed by atoms with Crippen LogP contribution in [-0.4, -0.2) is 35.9 Å². The molecule has 3 aromatic rings. The van der Waals surface area contributed by atoms with E-state index in [0.717, 1.165) is 5.56 Å². The third-order valence-electron chi connectivity index (χ3n) is 4.70. The molecule has 6 heteroatoms. The van der Waals surface area contributed by atoms with Gasteiger partial charge >= 0.3 is 0 Å². The number of nitrogens with two attached hydrogens (primary N) is 1. The van der Waals surface area contributed by atoms with Gasteiger partial charge in [-0.3, -0.25) is 4.79 Å². The molecule has 2 aromatic carbocycles. The molecule has 0 fully saturated rings. The Morgan fingerprint density at radius 3 is 2.39 bits per heavy atom. The molecule has 0 amide bonds. The maximum atomic E-state index is 12.8. The molecule has 0 atom stereocenters. The maximum Gasteiger partial charge on any atom is 0.253 e. The van der Waals surface area contributed by atoms with Crippen LogP contribution in [-0.2, 0) is 5.41 Å². The molecule has 0 aliphatic carbocycles. The van der Waals surface area contributed by atoms with E-state index in [1.807, 2.05) is 68.4 Å². The second-order valence-electron chi connectivity index (χ2n) is 7.32. The Bertz CT molecular complexity index is 1000. The molecule has 0 saturated heterocycles. The molecule has 3 rings (SSSR count). The standard InChI is InChI=1S/C22H24N4O2/c1-22(2,18-14-19(28-25-18)24-21(23)26(3)4)17-12-8-11-16(13-17)20(27)15-9-6-5-7-10-15/h5-14H,1-4H3,(H2,23,24). The van der Waals surface area contributed by atoms with Gasteiger partial charge in [0.05, 0.1) is 5.69 Å². The van der Waals surface area contributed by atoms with Crippen molar-refractivity contribution in [2.45, 2.75) is 19.3 Å². The number of benzene rings is 2. The van der Waals surface area contributed by atoms with Gasteiger partial charge in [-0.1, -0.05) is 67.5 Å². The minimum atomic E-state index is -0.475. The molecule has 6 nitrogen and oxygen atoms in total. The van der Waals surface area contributed by atoms with Crippen LogP contribution in [0.25, 0.3) is 0 Å². The summed E-state index contributed by atoms with van der Waals surface area (Å²) in [4.78, 5) is 18.7. The van der Waals surface area contributed by atoms with E-state index in [1.54, 1.807) is 25.1 Å². The highest BCUT2D eigenvalue weighted by atomic mass is 16.5. The summed E-state index contributed by atoms with van der Waals surface area (Å²) in [7, 11) is 3.60. The molecule has 2 N–H and O–H groups in total. The summed E-state index contributed by atoms with van der Waals surface area (Å²) in [6.07, 6.45) is 0. The van der Waals surface area contributed by atoms with Gasteiger partial charge in [-0.15, -0.1) is 0 Å². The van der Waals surface area contributed by atoms with Gasteiger partial charge in [0.1, 0.15) is 0 Å². The molecule has 0 unspecified atom stereocenters. The first-order chi connectivity index (χ1) is 13.3.